The Bertz CT molecular complexity index is 674. The molecule has 0 aliphatic heterocycles. The van der Waals surface area contributed by atoms with Gasteiger partial charge in [0.05, 0.1) is 5.56 Å². The quantitative estimate of drug-likeness (QED) is 0.598. The number of hydrogen-bond donors (Lipinski definition) is 0. The van der Waals surface area contributed by atoms with E-state index in [1.165, 1.54) is 30.3 Å². The van der Waals surface area contributed by atoms with Crippen LogP contribution in [-0.2, 0) is 12.6 Å². The molecular weight excluding hydrogens is 284 g/mol. The second-order valence-corrected chi connectivity index (χ2v) is 4.75. The van der Waals surface area contributed by atoms with Crippen molar-refractivity contribution in [2.45, 2.75) is 19.5 Å². The van der Waals surface area contributed by atoms with E-state index in [0.29, 0.717) is 11.1 Å². The molecule has 0 saturated carbocycles. The number of alkyl halides is 3. The summed E-state index contributed by atoms with van der Waals surface area (Å²) < 4.78 is 50.8. The van der Waals surface area contributed by atoms with Gasteiger partial charge in [-0.2, -0.15) is 13.2 Å². The third-order valence-electron chi connectivity index (χ3n) is 3.17. The van der Waals surface area contributed by atoms with E-state index in [4.69, 9.17) is 0 Å². The highest BCUT2D eigenvalue weighted by Gasteiger charge is 2.30. The van der Waals surface area contributed by atoms with Crippen molar-refractivity contribution in [3.63, 3.8) is 0 Å². The van der Waals surface area contributed by atoms with Gasteiger partial charge in [-0.25, -0.2) is 4.39 Å². The number of hydrogen-bond acceptors (Lipinski definition) is 1. The molecule has 0 aliphatic rings. The molecule has 0 aliphatic carbocycles. The van der Waals surface area contributed by atoms with Crippen molar-refractivity contribution in [2.75, 3.05) is 0 Å². The van der Waals surface area contributed by atoms with Crippen LogP contribution >= 0.6 is 0 Å². The molecule has 2 aromatic rings. The van der Waals surface area contributed by atoms with Gasteiger partial charge in [-0.05, 0) is 42.3 Å². The van der Waals surface area contributed by atoms with E-state index in [0.717, 1.165) is 12.1 Å². The van der Waals surface area contributed by atoms with Gasteiger partial charge in [0.1, 0.15) is 5.82 Å². The van der Waals surface area contributed by atoms with Crippen LogP contribution < -0.4 is 0 Å². The summed E-state index contributed by atoms with van der Waals surface area (Å²) in [4.78, 5) is 12.1. The molecule has 21 heavy (non-hydrogen) atoms. The fourth-order valence-corrected chi connectivity index (χ4v) is 2.00. The molecule has 0 N–H and O–H groups in total. The molecule has 2 aromatic carbocycles. The first kappa shape index (κ1) is 15.2. The molecule has 0 bridgehead atoms. The van der Waals surface area contributed by atoms with Crippen molar-refractivity contribution in [1.29, 1.82) is 0 Å². The Morgan fingerprint density at radius 2 is 1.81 bits per heavy atom. The van der Waals surface area contributed by atoms with Crippen molar-refractivity contribution in [3.8, 4) is 0 Å². The van der Waals surface area contributed by atoms with E-state index >= 15 is 0 Å². The van der Waals surface area contributed by atoms with Crippen LogP contribution in [0.3, 0.4) is 0 Å². The van der Waals surface area contributed by atoms with Crippen LogP contribution in [0.5, 0.6) is 0 Å². The van der Waals surface area contributed by atoms with E-state index in [1.807, 2.05) is 0 Å². The summed E-state index contributed by atoms with van der Waals surface area (Å²) in [6.07, 6.45) is -4.55. The average molecular weight is 296 g/mol. The summed E-state index contributed by atoms with van der Waals surface area (Å²) in [6, 6.07) is 8.28. The fourth-order valence-electron chi connectivity index (χ4n) is 2.00. The zero-order valence-corrected chi connectivity index (χ0v) is 11.2. The maximum absolute atomic E-state index is 13.0. The number of Topliss-reactive ketones (excluding diaryl/α,β-unsaturated/α-hetero) is 1. The van der Waals surface area contributed by atoms with Crippen LogP contribution in [0.2, 0.25) is 0 Å². The van der Waals surface area contributed by atoms with E-state index < -0.39 is 23.3 Å². The fraction of sp³-hybridized carbons (Fsp3) is 0.188. The normalized spacial score (nSPS) is 11.5. The molecule has 110 valence electrons. The lowest BCUT2D eigenvalue weighted by molar-refractivity contribution is -0.137. The van der Waals surface area contributed by atoms with Crippen molar-refractivity contribution >= 4 is 5.78 Å². The molecule has 0 heterocycles. The van der Waals surface area contributed by atoms with E-state index in [9.17, 15) is 22.4 Å². The molecule has 0 fully saturated rings. The molecule has 0 unspecified atom stereocenters. The van der Waals surface area contributed by atoms with Gasteiger partial charge in [0, 0.05) is 12.0 Å². The lowest BCUT2D eigenvalue weighted by Crippen LogP contribution is -2.09. The third-order valence-corrected chi connectivity index (χ3v) is 3.17. The summed E-state index contributed by atoms with van der Waals surface area (Å²) in [5.41, 5.74) is 0.326. The minimum absolute atomic E-state index is 0.00597. The van der Waals surface area contributed by atoms with Crippen LogP contribution in [0.4, 0.5) is 17.6 Å². The topological polar surface area (TPSA) is 17.1 Å². The first-order valence-corrected chi connectivity index (χ1v) is 6.23. The molecule has 0 aromatic heterocycles. The van der Waals surface area contributed by atoms with Gasteiger partial charge >= 0.3 is 6.18 Å². The maximum Gasteiger partial charge on any atom is 0.416 e. The lowest BCUT2D eigenvalue weighted by atomic mass is 9.98. The van der Waals surface area contributed by atoms with Crippen molar-refractivity contribution in [2.24, 2.45) is 0 Å². The Morgan fingerprint density at radius 1 is 1.10 bits per heavy atom. The number of halogens is 4. The minimum Gasteiger partial charge on any atom is -0.294 e. The molecule has 0 amide bonds. The third kappa shape index (κ3) is 3.68. The molecule has 5 heteroatoms. The van der Waals surface area contributed by atoms with Gasteiger partial charge in [0.2, 0.25) is 0 Å². The summed E-state index contributed by atoms with van der Waals surface area (Å²) in [7, 11) is 0. The van der Waals surface area contributed by atoms with Crippen LogP contribution in [0.25, 0.3) is 0 Å². The summed E-state index contributed by atoms with van der Waals surface area (Å²) in [5.74, 6) is -0.849. The average Bonchev–Trinajstić information content (AvgIpc) is 2.41. The second-order valence-electron chi connectivity index (χ2n) is 4.75. The van der Waals surface area contributed by atoms with Gasteiger partial charge in [-0.15, -0.1) is 0 Å². The predicted molar refractivity (Wildman–Crippen MR) is 70.6 cm³/mol. The van der Waals surface area contributed by atoms with Crippen LogP contribution in [0.15, 0.2) is 42.5 Å². The highest BCUT2D eigenvalue weighted by atomic mass is 19.4. The highest BCUT2D eigenvalue weighted by molar-refractivity contribution is 5.97. The van der Waals surface area contributed by atoms with Gasteiger partial charge in [0.15, 0.2) is 5.78 Å². The number of carbonyl (C=O) groups is 1. The molecular formula is C16H12F4O. The lowest BCUT2D eigenvalue weighted by Gasteiger charge is -2.09. The molecule has 0 saturated heterocycles. The Morgan fingerprint density at radius 3 is 2.43 bits per heavy atom. The summed E-state index contributed by atoms with van der Waals surface area (Å²) in [5, 5.41) is 0. The van der Waals surface area contributed by atoms with Crippen LogP contribution in [0.1, 0.15) is 27.0 Å². The first-order valence-electron chi connectivity index (χ1n) is 6.23. The number of benzene rings is 2. The van der Waals surface area contributed by atoms with Crippen LogP contribution in [-0.4, -0.2) is 5.78 Å². The monoisotopic (exact) mass is 296 g/mol. The SMILES string of the molecule is Cc1cc(F)ccc1CC(=O)c1cccc(C(F)(F)F)c1. The van der Waals surface area contributed by atoms with Gasteiger partial charge in [0.25, 0.3) is 0 Å². The van der Waals surface area contributed by atoms with Gasteiger partial charge in [-0.1, -0.05) is 18.2 Å². The number of carbonyl (C=O) groups excluding carboxylic acids is 1. The maximum atomic E-state index is 13.0. The Kier molecular flexibility index (Phi) is 4.11. The highest BCUT2D eigenvalue weighted by Crippen LogP contribution is 2.29. The zero-order valence-electron chi connectivity index (χ0n) is 11.2. The molecule has 0 atom stereocenters. The van der Waals surface area contributed by atoms with E-state index in [2.05, 4.69) is 0 Å². The Hall–Kier alpha value is -2.17. The van der Waals surface area contributed by atoms with Crippen molar-refractivity contribution in [3.05, 3.63) is 70.5 Å². The van der Waals surface area contributed by atoms with Gasteiger partial charge in [-0.3, -0.25) is 4.79 Å². The first-order chi connectivity index (χ1) is 9.77. The van der Waals surface area contributed by atoms with E-state index in [1.54, 1.807) is 6.92 Å². The summed E-state index contributed by atoms with van der Waals surface area (Å²) in [6.45, 7) is 1.65. The second kappa shape index (κ2) is 5.68. The zero-order chi connectivity index (χ0) is 15.6. The Labute approximate surface area is 119 Å². The van der Waals surface area contributed by atoms with Crippen LogP contribution in [0, 0.1) is 12.7 Å². The molecule has 0 spiro atoms. The number of rotatable bonds is 3. The standard InChI is InChI=1S/C16H12F4O/c1-10-7-14(17)6-5-11(10)9-15(21)12-3-2-4-13(8-12)16(18,19)20/h2-8H,9H2,1H3. The minimum atomic E-state index is -4.48. The largest absolute Gasteiger partial charge is 0.416 e. The smallest absolute Gasteiger partial charge is 0.294 e. The van der Waals surface area contributed by atoms with Gasteiger partial charge < -0.3 is 0 Å². The number of ketones is 1. The predicted octanol–water partition coefficient (Wildman–Crippen LogP) is 4.58. The van der Waals surface area contributed by atoms with Crippen molar-refractivity contribution in [1.82, 2.24) is 0 Å². The van der Waals surface area contributed by atoms with E-state index in [-0.39, 0.29) is 12.0 Å². The van der Waals surface area contributed by atoms with Crippen molar-refractivity contribution < 1.29 is 22.4 Å². The molecule has 2 rings (SSSR count). The Balaban J connectivity index is 2.25. The summed E-state index contributed by atoms with van der Waals surface area (Å²) >= 11 is 0. The molecule has 0 radical (unpaired) electrons. The molecule has 1 nitrogen and oxygen atoms in total. The number of aryl methyl sites for hydroxylation is 1.